The van der Waals surface area contributed by atoms with E-state index in [0.29, 0.717) is 5.56 Å². The molecule has 14 heteroatoms. The molecule has 2 aromatic rings. The highest BCUT2D eigenvalue weighted by molar-refractivity contribution is 9.10. The number of rotatable bonds is 10. The second-order valence-electron chi connectivity index (χ2n) is 8.04. The van der Waals surface area contributed by atoms with Crippen LogP contribution in [0.5, 0.6) is 5.75 Å². The second-order valence-corrected chi connectivity index (χ2v) is 10.7. The number of hydrogen-bond donors (Lipinski definition) is 2. The predicted octanol–water partition coefficient (Wildman–Crippen LogP) is 2.47. The largest absolute Gasteiger partial charge is 0.468 e. The van der Waals surface area contributed by atoms with Gasteiger partial charge in [-0.1, -0.05) is 29.8 Å². The molecule has 35 heavy (non-hydrogen) atoms. The van der Waals surface area contributed by atoms with Gasteiger partial charge in [-0.15, -0.1) is 0 Å². The molecule has 0 amide bonds. The Bertz CT molecular complexity index is 1200. The zero-order chi connectivity index (χ0) is 25.8. The van der Waals surface area contributed by atoms with Crippen LogP contribution in [0.25, 0.3) is 0 Å². The Morgan fingerprint density at radius 2 is 2.00 bits per heavy atom. The summed E-state index contributed by atoms with van der Waals surface area (Å²) >= 11 is 3.32. The smallest absolute Gasteiger partial charge is 0.459 e. The van der Waals surface area contributed by atoms with Crippen LogP contribution in [-0.2, 0) is 28.1 Å². The molecule has 1 aromatic carbocycles. The van der Waals surface area contributed by atoms with E-state index in [4.69, 9.17) is 23.3 Å². The van der Waals surface area contributed by atoms with Crippen molar-refractivity contribution < 1.29 is 32.6 Å². The van der Waals surface area contributed by atoms with Crippen molar-refractivity contribution in [1.82, 2.24) is 14.6 Å². The first-order valence-electron chi connectivity index (χ1n) is 10.7. The Hall–Kier alpha value is -2.28. The molecule has 1 aromatic heterocycles. The van der Waals surface area contributed by atoms with Crippen molar-refractivity contribution in [2.45, 2.75) is 39.3 Å². The fourth-order valence-corrected chi connectivity index (χ4v) is 5.04. The van der Waals surface area contributed by atoms with Crippen LogP contribution in [0.4, 0.5) is 0 Å². The third-order valence-corrected chi connectivity index (χ3v) is 7.09. The summed E-state index contributed by atoms with van der Waals surface area (Å²) < 4.78 is 42.9. The van der Waals surface area contributed by atoms with Crippen LogP contribution in [0.15, 0.2) is 44.5 Å². The lowest BCUT2D eigenvalue weighted by atomic mass is 10.1. The van der Waals surface area contributed by atoms with Gasteiger partial charge in [0.2, 0.25) is 0 Å². The number of carbonyl (C=O) groups is 1. The van der Waals surface area contributed by atoms with Gasteiger partial charge in [0.1, 0.15) is 18.4 Å². The van der Waals surface area contributed by atoms with Crippen LogP contribution < -0.4 is 20.9 Å². The summed E-state index contributed by atoms with van der Waals surface area (Å²) in [6.45, 7) is 4.69. The number of ether oxygens (including phenoxy) is 3. The molecule has 2 heterocycles. The first-order chi connectivity index (χ1) is 16.5. The van der Waals surface area contributed by atoms with E-state index in [0.717, 1.165) is 4.47 Å². The van der Waals surface area contributed by atoms with Crippen LogP contribution in [0.3, 0.4) is 0 Å². The third kappa shape index (κ3) is 7.12. The number of esters is 1. The first kappa shape index (κ1) is 27.3. The van der Waals surface area contributed by atoms with E-state index >= 15 is 0 Å². The fourth-order valence-electron chi connectivity index (χ4n) is 3.13. The second kappa shape index (κ2) is 11.6. The molecule has 2 N–H and O–H groups in total. The van der Waals surface area contributed by atoms with Crippen molar-refractivity contribution in [2.24, 2.45) is 5.92 Å². The highest BCUT2D eigenvalue weighted by Crippen LogP contribution is 2.46. The zero-order valence-corrected chi connectivity index (χ0v) is 22.0. The maximum Gasteiger partial charge on any atom is 0.459 e. The van der Waals surface area contributed by atoms with Gasteiger partial charge in [-0.05, 0) is 37.1 Å². The summed E-state index contributed by atoms with van der Waals surface area (Å²) in [4.78, 5) is 38.2. The molecule has 0 radical (unpaired) electrons. The van der Waals surface area contributed by atoms with E-state index in [2.05, 4.69) is 26.0 Å². The Balaban J connectivity index is 1.75. The van der Waals surface area contributed by atoms with Crippen molar-refractivity contribution in [3.05, 3.63) is 61.3 Å². The fraction of sp³-hybridized carbons (Fsp3) is 0.476. The van der Waals surface area contributed by atoms with Crippen LogP contribution in [0, 0.1) is 12.8 Å². The molecule has 0 bridgehead atoms. The molecule has 1 fully saturated rings. The molecule has 0 aliphatic carbocycles. The Morgan fingerprint density at radius 3 is 2.63 bits per heavy atom. The highest BCUT2D eigenvalue weighted by atomic mass is 79.9. The van der Waals surface area contributed by atoms with Crippen molar-refractivity contribution in [2.75, 3.05) is 20.3 Å². The summed E-state index contributed by atoms with van der Waals surface area (Å²) in [6.07, 6.45) is -0.464. The molecular formula is C21H27BrN3O9P. The minimum atomic E-state index is -4.14. The van der Waals surface area contributed by atoms with E-state index in [-0.39, 0.29) is 24.9 Å². The van der Waals surface area contributed by atoms with Crippen LogP contribution in [0.1, 0.15) is 25.6 Å². The average Bonchev–Trinajstić information content (AvgIpc) is 3.28. The number of aromatic nitrogens is 2. The average molecular weight is 576 g/mol. The topological polar surface area (TPSA) is 147 Å². The van der Waals surface area contributed by atoms with Gasteiger partial charge in [-0.25, -0.2) is 9.36 Å². The molecule has 12 nitrogen and oxygen atoms in total. The zero-order valence-electron chi connectivity index (χ0n) is 19.6. The molecule has 0 saturated carbocycles. The van der Waals surface area contributed by atoms with Gasteiger partial charge in [-0.2, -0.15) is 5.09 Å². The van der Waals surface area contributed by atoms with Gasteiger partial charge >= 0.3 is 19.4 Å². The lowest BCUT2D eigenvalue weighted by Gasteiger charge is -2.26. The lowest BCUT2D eigenvalue weighted by molar-refractivity contribution is -0.143. The van der Waals surface area contributed by atoms with E-state index in [1.54, 1.807) is 45.0 Å². The maximum absolute atomic E-state index is 13.7. The monoisotopic (exact) mass is 575 g/mol. The number of nitrogens with zero attached hydrogens (tertiary/aromatic N) is 1. The van der Waals surface area contributed by atoms with Crippen molar-refractivity contribution in [3.63, 3.8) is 0 Å². The van der Waals surface area contributed by atoms with Crippen molar-refractivity contribution in [3.8, 4) is 5.75 Å². The molecule has 1 aliphatic rings. The number of hydrogen-bond acceptors (Lipinski definition) is 9. The van der Waals surface area contributed by atoms with Gasteiger partial charge in [0.05, 0.1) is 13.7 Å². The number of benzene rings is 1. The van der Waals surface area contributed by atoms with Crippen molar-refractivity contribution >= 4 is 29.6 Å². The number of halogens is 1. The summed E-state index contributed by atoms with van der Waals surface area (Å²) in [7, 11) is -2.92. The van der Waals surface area contributed by atoms with Gasteiger partial charge < -0.3 is 18.7 Å². The minimum Gasteiger partial charge on any atom is -0.468 e. The van der Waals surface area contributed by atoms with E-state index in [9.17, 15) is 18.9 Å². The van der Waals surface area contributed by atoms with Crippen molar-refractivity contribution in [1.29, 1.82) is 0 Å². The van der Waals surface area contributed by atoms with Gasteiger partial charge in [0.25, 0.3) is 5.56 Å². The third-order valence-electron chi connectivity index (χ3n) is 5.03. The first-order valence-corrected chi connectivity index (χ1v) is 13.0. The summed E-state index contributed by atoms with van der Waals surface area (Å²) in [5, 5.41) is 2.65. The Morgan fingerprint density at radius 1 is 1.31 bits per heavy atom. The molecule has 4 atom stereocenters. The van der Waals surface area contributed by atoms with Crippen LogP contribution >= 0.6 is 23.7 Å². The summed E-state index contributed by atoms with van der Waals surface area (Å²) in [5.41, 5.74) is -0.820. The Labute approximate surface area is 209 Å². The van der Waals surface area contributed by atoms with E-state index in [1.165, 1.54) is 17.9 Å². The van der Waals surface area contributed by atoms with Gasteiger partial charge in [-0.3, -0.25) is 23.7 Å². The summed E-state index contributed by atoms with van der Waals surface area (Å²) in [5.74, 6) is -0.700. The van der Waals surface area contributed by atoms with Crippen LogP contribution in [-0.4, -0.2) is 48.2 Å². The molecule has 192 valence electrons. The number of H-pyrrole nitrogens is 1. The quantitative estimate of drug-likeness (QED) is 0.319. The van der Waals surface area contributed by atoms with Gasteiger partial charge in [0.15, 0.2) is 12.5 Å². The number of aromatic amines is 1. The number of carbonyl (C=O) groups excluding carboxylic acids is 1. The van der Waals surface area contributed by atoms with Crippen LogP contribution in [0.2, 0.25) is 0 Å². The molecule has 2 unspecified atom stereocenters. The normalized spacial score (nSPS) is 20.4. The lowest BCUT2D eigenvalue weighted by Crippen LogP contribution is -2.41. The minimum absolute atomic E-state index is 0.0124. The number of nitrogens with one attached hydrogen (secondary N) is 2. The van der Waals surface area contributed by atoms with E-state index in [1.807, 2.05) is 0 Å². The molecule has 1 saturated heterocycles. The standard InChI is InChI=1S/C21H27BrN3O9P/c1-12(2)18(20(27)30-4)24-35(29,34-15-7-5-14(22)6-8-15)32-11-17-31-10-16(33-17)25-9-13(3)19(26)23-21(25)28/h5-9,12,16-18H,10-11H2,1-4H3,(H,24,29)(H,23,26,28)/t16-,17-,18?,35?/m1/s1. The number of aryl methyl sites for hydroxylation is 1. The molecule has 0 spiro atoms. The van der Waals surface area contributed by atoms with Gasteiger partial charge in [0, 0.05) is 16.2 Å². The molecule has 1 aliphatic heterocycles. The SMILES string of the molecule is COC(=O)C(NP(=O)(OC[C@@H]1OC[C@H](n2cc(C)c(=O)[nH]c2=O)O1)Oc1ccc(Br)cc1)C(C)C. The Kier molecular flexibility index (Phi) is 9.08. The maximum atomic E-state index is 13.7. The number of methoxy groups -OCH3 is 1. The molecule has 3 rings (SSSR count). The van der Waals surface area contributed by atoms with E-state index < -0.39 is 43.5 Å². The highest BCUT2D eigenvalue weighted by Gasteiger charge is 2.38. The predicted molar refractivity (Wildman–Crippen MR) is 128 cm³/mol. The summed E-state index contributed by atoms with van der Waals surface area (Å²) in [6, 6.07) is 5.55. The molecular weight excluding hydrogens is 549 g/mol.